The van der Waals surface area contributed by atoms with E-state index in [1.165, 1.54) is 10.9 Å². The second kappa shape index (κ2) is 7.24. The number of aromatic amines is 1. The normalized spacial score (nSPS) is 12.4. The molecule has 0 aliphatic carbocycles. The Hall–Kier alpha value is -1.62. The number of H-pyrrole nitrogens is 1. The summed E-state index contributed by atoms with van der Waals surface area (Å²) in [4.78, 5) is 14.8. The Morgan fingerprint density at radius 1 is 1.35 bits per heavy atom. The molecule has 5 heteroatoms. The van der Waals surface area contributed by atoms with E-state index in [-0.39, 0.29) is 5.91 Å². The van der Waals surface area contributed by atoms with Crippen LogP contribution in [0.15, 0.2) is 30.5 Å². The molecule has 1 aromatic carbocycles. The molecule has 20 heavy (non-hydrogen) atoms. The highest BCUT2D eigenvalue weighted by molar-refractivity contribution is 7.84. The van der Waals surface area contributed by atoms with Gasteiger partial charge in [-0.25, -0.2) is 0 Å². The van der Waals surface area contributed by atoms with Crippen LogP contribution in [0.1, 0.15) is 18.4 Å². The number of para-hydroxylation sites is 1. The molecule has 1 aromatic heterocycles. The van der Waals surface area contributed by atoms with Crippen molar-refractivity contribution in [1.82, 2.24) is 10.3 Å². The summed E-state index contributed by atoms with van der Waals surface area (Å²) in [5.74, 6) is 0.559. The molecular formula is C15H20N2O2S. The Bertz CT molecular complexity index is 607. The number of aryl methyl sites for hydroxylation is 1. The maximum Gasteiger partial charge on any atom is 0.220 e. The summed E-state index contributed by atoms with van der Waals surface area (Å²) in [6.45, 7) is 0.495. The summed E-state index contributed by atoms with van der Waals surface area (Å²) in [7, 11) is -0.847. The van der Waals surface area contributed by atoms with Crippen LogP contribution in [0.25, 0.3) is 10.9 Å². The number of nitrogens with one attached hydrogen (secondary N) is 2. The Balaban J connectivity index is 1.75. The highest BCUT2D eigenvalue weighted by Gasteiger charge is 2.05. The molecule has 0 radical (unpaired) electrons. The number of hydrogen-bond donors (Lipinski definition) is 2. The SMILES string of the molecule is CS(=O)CCNC(=O)CCCc1c[nH]c2ccccc12. The van der Waals surface area contributed by atoms with Gasteiger partial charge in [0, 0.05) is 52.9 Å². The van der Waals surface area contributed by atoms with E-state index in [1.807, 2.05) is 18.3 Å². The zero-order valence-electron chi connectivity index (χ0n) is 11.6. The average molecular weight is 292 g/mol. The molecule has 1 heterocycles. The molecule has 2 rings (SSSR count). The molecule has 0 fully saturated rings. The molecule has 1 atom stereocenters. The zero-order valence-corrected chi connectivity index (χ0v) is 12.5. The number of aromatic nitrogens is 1. The van der Waals surface area contributed by atoms with Crippen molar-refractivity contribution in [3.05, 3.63) is 36.0 Å². The van der Waals surface area contributed by atoms with Crippen LogP contribution in [0.4, 0.5) is 0 Å². The van der Waals surface area contributed by atoms with Gasteiger partial charge in [-0.15, -0.1) is 0 Å². The maximum absolute atomic E-state index is 11.6. The summed E-state index contributed by atoms with van der Waals surface area (Å²) in [5, 5.41) is 4.02. The van der Waals surface area contributed by atoms with Crippen LogP contribution < -0.4 is 5.32 Å². The molecule has 2 N–H and O–H groups in total. The number of benzene rings is 1. The largest absolute Gasteiger partial charge is 0.361 e. The number of amides is 1. The lowest BCUT2D eigenvalue weighted by atomic mass is 10.1. The third-order valence-electron chi connectivity index (χ3n) is 3.24. The van der Waals surface area contributed by atoms with E-state index in [0.717, 1.165) is 18.4 Å². The Labute approximate surface area is 121 Å². The highest BCUT2D eigenvalue weighted by atomic mass is 32.2. The zero-order chi connectivity index (χ0) is 14.4. The predicted octanol–water partition coefficient (Wildman–Crippen LogP) is 1.99. The van der Waals surface area contributed by atoms with Crippen LogP contribution >= 0.6 is 0 Å². The van der Waals surface area contributed by atoms with Crippen molar-refractivity contribution in [2.75, 3.05) is 18.6 Å². The molecule has 108 valence electrons. The molecule has 1 unspecified atom stereocenters. The molecule has 1 amide bonds. The number of carbonyl (C=O) groups excluding carboxylic acids is 1. The van der Waals surface area contributed by atoms with Gasteiger partial charge in [-0.1, -0.05) is 18.2 Å². The minimum Gasteiger partial charge on any atom is -0.361 e. The van der Waals surface area contributed by atoms with Crippen molar-refractivity contribution >= 4 is 27.6 Å². The van der Waals surface area contributed by atoms with Crippen molar-refractivity contribution in [3.8, 4) is 0 Å². The second-order valence-electron chi connectivity index (χ2n) is 4.84. The monoisotopic (exact) mass is 292 g/mol. The average Bonchev–Trinajstić information content (AvgIpc) is 2.82. The van der Waals surface area contributed by atoms with Gasteiger partial charge >= 0.3 is 0 Å². The van der Waals surface area contributed by atoms with E-state index in [1.54, 1.807) is 6.26 Å². The van der Waals surface area contributed by atoms with Gasteiger partial charge in [0.1, 0.15) is 0 Å². The van der Waals surface area contributed by atoms with Crippen molar-refractivity contribution in [2.45, 2.75) is 19.3 Å². The van der Waals surface area contributed by atoms with Crippen molar-refractivity contribution < 1.29 is 9.00 Å². The van der Waals surface area contributed by atoms with E-state index in [0.29, 0.717) is 18.7 Å². The second-order valence-corrected chi connectivity index (χ2v) is 6.39. The van der Waals surface area contributed by atoms with Crippen LogP contribution in [-0.4, -0.2) is 33.7 Å². The van der Waals surface area contributed by atoms with E-state index in [2.05, 4.69) is 22.4 Å². The highest BCUT2D eigenvalue weighted by Crippen LogP contribution is 2.19. The molecule has 0 saturated heterocycles. The van der Waals surface area contributed by atoms with Crippen LogP contribution in [0.5, 0.6) is 0 Å². The quantitative estimate of drug-likeness (QED) is 0.820. The summed E-state index contributed by atoms with van der Waals surface area (Å²) < 4.78 is 10.9. The molecule has 0 aliphatic heterocycles. The fourth-order valence-electron chi connectivity index (χ4n) is 2.20. The first-order chi connectivity index (χ1) is 9.66. The van der Waals surface area contributed by atoms with Gasteiger partial charge < -0.3 is 10.3 Å². The molecule has 4 nitrogen and oxygen atoms in total. The summed E-state index contributed by atoms with van der Waals surface area (Å²) in [5.41, 5.74) is 2.39. The molecule has 0 spiro atoms. The van der Waals surface area contributed by atoms with E-state index < -0.39 is 10.8 Å². The van der Waals surface area contributed by atoms with Crippen LogP contribution in [0.2, 0.25) is 0 Å². The lowest BCUT2D eigenvalue weighted by molar-refractivity contribution is -0.121. The molecule has 2 aromatic rings. The number of hydrogen-bond acceptors (Lipinski definition) is 2. The van der Waals surface area contributed by atoms with Crippen LogP contribution in [0.3, 0.4) is 0 Å². The third kappa shape index (κ3) is 4.20. The van der Waals surface area contributed by atoms with Gasteiger partial charge in [0.05, 0.1) is 0 Å². The minimum absolute atomic E-state index is 0.0373. The Morgan fingerprint density at radius 2 is 2.15 bits per heavy atom. The molecule has 0 bridgehead atoms. The minimum atomic E-state index is -0.847. The van der Waals surface area contributed by atoms with E-state index in [4.69, 9.17) is 0 Å². The van der Waals surface area contributed by atoms with E-state index in [9.17, 15) is 9.00 Å². The van der Waals surface area contributed by atoms with Crippen LogP contribution in [0, 0.1) is 0 Å². The first-order valence-corrected chi connectivity index (χ1v) is 8.51. The lowest BCUT2D eigenvalue weighted by Crippen LogP contribution is -2.27. The smallest absolute Gasteiger partial charge is 0.220 e. The maximum atomic E-state index is 11.6. The fourth-order valence-corrected chi connectivity index (χ4v) is 2.59. The van der Waals surface area contributed by atoms with Gasteiger partial charge in [-0.05, 0) is 24.5 Å². The number of fused-ring (bicyclic) bond motifs is 1. The fraction of sp³-hybridized carbons (Fsp3) is 0.400. The van der Waals surface area contributed by atoms with Gasteiger partial charge in [-0.2, -0.15) is 0 Å². The van der Waals surface area contributed by atoms with Crippen LogP contribution in [-0.2, 0) is 22.0 Å². The Morgan fingerprint density at radius 3 is 2.95 bits per heavy atom. The van der Waals surface area contributed by atoms with Crippen molar-refractivity contribution in [3.63, 3.8) is 0 Å². The summed E-state index contributed by atoms with van der Waals surface area (Å²) in [6.07, 6.45) is 5.88. The number of carbonyl (C=O) groups is 1. The van der Waals surface area contributed by atoms with Crippen molar-refractivity contribution in [2.24, 2.45) is 0 Å². The Kier molecular flexibility index (Phi) is 5.35. The molecule has 0 aliphatic rings. The lowest BCUT2D eigenvalue weighted by Gasteiger charge is -2.03. The standard InChI is InChI=1S/C15H20N2O2S/c1-20(19)10-9-16-15(18)8-4-5-12-11-17-14-7-3-2-6-13(12)14/h2-3,6-7,11,17H,4-5,8-10H2,1H3,(H,16,18). The van der Waals surface area contributed by atoms with Crippen molar-refractivity contribution in [1.29, 1.82) is 0 Å². The molecular weight excluding hydrogens is 272 g/mol. The van der Waals surface area contributed by atoms with E-state index >= 15 is 0 Å². The number of rotatable bonds is 7. The first-order valence-electron chi connectivity index (χ1n) is 6.78. The molecule has 0 saturated carbocycles. The summed E-state index contributed by atoms with van der Waals surface area (Å²) in [6, 6.07) is 8.18. The topological polar surface area (TPSA) is 62.0 Å². The summed E-state index contributed by atoms with van der Waals surface area (Å²) >= 11 is 0. The first kappa shape index (κ1) is 14.8. The van der Waals surface area contributed by atoms with Gasteiger partial charge in [0.2, 0.25) is 5.91 Å². The van der Waals surface area contributed by atoms with Gasteiger partial charge in [0.15, 0.2) is 0 Å². The third-order valence-corrected chi connectivity index (χ3v) is 4.02. The van der Waals surface area contributed by atoms with Gasteiger partial charge in [0.25, 0.3) is 0 Å². The van der Waals surface area contributed by atoms with Gasteiger partial charge in [-0.3, -0.25) is 9.00 Å². The predicted molar refractivity (Wildman–Crippen MR) is 83.2 cm³/mol.